The van der Waals surface area contributed by atoms with E-state index in [1.54, 1.807) is 43.3 Å². The summed E-state index contributed by atoms with van der Waals surface area (Å²) in [5, 5.41) is 2.91. The molecule has 0 spiro atoms. The van der Waals surface area contributed by atoms with Crippen LogP contribution in [0.25, 0.3) is 0 Å². The van der Waals surface area contributed by atoms with E-state index >= 15 is 0 Å². The maximum atomic E-state index is 13.5. The number of carbonyl (C=O) groups is 2. The van der Waals surface area contributed by atoms with Crippen LogP contribution in [0.3, 0.4) is 0 Å². The first kappa shape index (κ1) is 27.3. The van der Waals surface area contributed by atoms with Gasteiger partial charge in [-0.25, -0.2) is 12.8 Å². The Balaban J connectivity index is 2.41. The van der Waals surface area contributed by atoms with Gasteiger partial charge in [-0.15, -0.1) is 0 Å². The van der Waals surface area contributed by atoms with Gasteiger partial charge in [0.2, 0.25) is 21.8 Å². The number of hydrogen-bond donors (Lipinski definition) is 1. The Bertz CT molecular complexity index is 1070. The van der Waals surface area contributed by atoms with E-state index in [-0.39, 0.29) is 18.5 Å². The molecular formula is C25H34FN3O4S. The van der Waals surface area contributed by atoms with Gasteiger partial charge in [0, 0.05) is 12.6 Å². The van der Waals surface area contributed by atoms with E-state index in [1.807, 2.05) is 20.8 Å². The first-order chi connectivity index (χ1) is 16.0. The molecule has 0 aliphatic heterocycles. The SMILES string of the molecule is CC[C@@H](C)NC(=O)[C@H](CC)N(Cc1ccc(F)cc1)C(=O)CN(c1ccc(C)cc1)S(C)(=O)=O. The number of rotatable bonds is 11. The lowest BCUT2D eigenvalue weighted by Crippen LogP contribution is -2.53. The number of nitrogens with one attached hydrogen (secondary N) is 1. The first-order valence-corrected chi connectivity index (χ1v) is 13.2. The lowest BCUT2D eigenvalue weighted by molar-refractivity contribution is -0.140. The number of carbonyl (C=O) groups excluding carboxylic acids is 2. The van der Waals surface area contributed by atoms with E-state index in [1.165, 1.54) is 17.0 Å². The van der Waals surface area contributed by atoms with Crippen molar-refractivity contribution < 1.29 is 22.4 Å². The smallest absolute Gasteiger partial charge is 0.244 e. The van der Waals surface area contributed by atoms with E-state index in [4.69, 9.17) is 0 Å². The number of nitrogens with zero attached hydrogens (tertiary/aromatic N) is 2. The van der Waals surface area contributed by atoms with Gasteiger partial charge >= 0.3 is 0 Å². The highest BCUT2D eigenvalue weighted by atomic mass is 32.2. The molecule has 2 rings (SSSR count). The molecule has 0 heterocycles. The summed E-state index contributed by atoms with van der Waals surface area (Å²) in [6, 6.07) is 11.6. The molecule has 2 aromatic carbocycles. The molecule has 2 amide bonds. The molecule has 0 aliphatic carbocycles. The predicted molar refractivity (Wildman–Crippen MR) is 132 cm³/mol. The van der Waals surface area contributed by atoms with Crippen molar-refractivity contribution in [3.8, 4) is 0 Å². The van der Waals surface area contributed by atoms with Crippen LogP contribution in [0, 0.1) is 12.7 Å². The van der Waals surface area contributed by atoms with Crippen LogP contribution in [-0.2, 0) is 26.2 Å². The summed E-state index contributed by atoms with van der Waals surface area (Å²) in [6.45, 7) is 7.07. The zero-order chi connectivity index (χ0) is 25.5. The van der Waals surface area contributed by atoms with Crippen molar-refractivity contribution >= 4 is 27.5 Å². The quantitative estimate of drug-likeness (QED) is 0.520. The number of hydrogen-bond acceptors (Lipinski definition) is 4. The molecule has 9 heteroatoms. The third kappa shape index (κ3) is 7.55. The normalized spacial score (nSPS) is 13.1. The van der Waals surface area contributed by atoms with Crippen LogP contribution >= 0.6 is 0 Å². The van der Waals surface area contributed by atoms with Gasteiger partial charge in [0.05, 0.1) is 11.9 Å². The molecule has 2 aromatic rings. The third-order valence-corrected chi connectivity index (χ3v) is 6.79. The summed E-state index contributed by atoms with van der Waals surface area (Å²) in [5.41, 5.74) is 1.94. The Morgan fingerprint density at radius 2 is 1.59 bits per heavy atom. The summed E-state index contributed by atoms with van der Waals surface area (Å²) in [7, 11) is -3.78. The lowest BCUT2D eigenvalue weighted by Gasteiger charge is -2.33. The summed E-state index contributed by atoms with van der Waals surface area (Å²) < 4.78 is 39.6. The van der Waals surface area contributed by atoms with Crippen molar-refractivity contribution in [2.75, 3.05) is 17.1 Å². The van der Waals surface area contributed by atoms with Crippen LogP contribution in [-0.4, -0.2) is 50.0 Å². The van der Waals surface area contributed by atoms with Gasteiger partial charge in [-0.3, -0.25) is 13.9 Å². The van der Waals surface area contributed by atoms with E-state index in [0.717, 1.165) is 22.5 Å². The number of aryl methyl sites for hydroxylation is 1. The van der Waals surface area contributed by atoms with Gasteiger partial charge in [0.1, 0.15) is 18.4 Å². The van der Waals surface area contributed by atoms with Crippen LogP contribution in [0.4, 0.5) is 10.1 Å². The summed E-state index contributed by atoms with van der Waals surface area (Å²) in [6.07, 6.45) is 2.10. The highest BCUT2D eigenvalue weighted by Gasteiger charge is 2.32. The van der Waals surface area contributed by atoms with E-state index in [9.17, 15) is 22.4 Å². The fraction of sp³-hybridized carbons (Fsp3) is 0.440. The minimum atomic E-state index is -3.78. The van der Waals surface area contributed by atoms with Gasteiger partial charge in [0.25, 0.3) is 0 Å². The number of sulfonamides is 1. The number of anilines is 1. The van der Waals surface area contributed by atoms with Crippen LogP contribution in [0.15, 0.2) is 48.5 Å². The van der Waals surface area contributed by atoms with Gasteiger partial charge in [-0.05, 0) is 56.5 Å². The Morgan fingerprint density at radius 1 is 1.00 bits per heavy atom. The molecule has 0 bridgehead atoms. The minimum Gasteiger partial charge on any atom is -0.352 e. The molecule has 0 radical (unpaired) electrons. The second kappa shape index (κ2) is 12.0. The largest absolute Gasteiger partial charge is 0.352 e. The van der Waals surface area contributed by atoms with Crippen molar-refractivity contribution in [2.45, 2.75) is 59.2 Å². The average Bonchev–Trinajstić information content (AvgIpc) is 2.78. The predicted octanol–water partition coefficient (Wildman–Crippen LogP) is 3.62. The van der Waals surface area contributed by atoms with Crippen molar-refractivity contribution in [3.63, 3.8) is 0 Å². The maximum Gasteiger partial charge on any atom is 0.244 e. The van der Waals surface area contributed by atoms with Crippen molar-refractivity contribution in [3.05, 3.63) is 65.5 Å². The Morgan fingerprint density at radius 3 is 2.09 bits per heavy atom. The topological polar surface area (TPSA) is 86.8 Å². The average molecular weight is 492 g/mol. The monoisotopic (exact) mass is 491 g/mol. The van der Waals surface area contributed by atoms with Crippen LogP contribution < -0.4 is 9.62 Å². The molecule has 7 nitrogen and oxygen atoms in total. The van der Waals surface area contributed by atoms with Crippen LogP contribution in [0.5, 0.6) is 0 Å². The fourth-order valence-corrected chi connectivity index (χ4v) is 4.32. The second-order valence-corrected chi connectivity index (χ2v) is 10.4. The molecule has 34 heavy (non-hydrogen) atoms. The van der Waals surface area contributed by atoms with Gasteiger partial charge in [-0.2, -0.15) is 0 Å². The van der Waals surface area contributed by atoms with Gasteiger partial charge in [0.15, 0.2) is 0 Å². The number of amides is 2. The standard InChI is InChI=1S/C25H34FN3O4S/c1-6-19(4)27-25(31)23(7-2)28(16-20-10-12-21(26)13-11-20)24(30)17-29(34(5,32)33)22-14-8-18(3)9-15-22/h8-15,19,23H,6-7,16-17H2,1-5H3,(H,27,31)/t19-,23+/m1/s1. The number of benzene rings is 2. The van der Waals surface area contributed by atoms with Crippen molar-refractivity contribution in [2.24, 2.45) is 0 Å². The third-order valence-electron chi connectivity index (χ3n) is 5.65. The van der Waals surface area contributed by atoms with Gasteiger partial charge in [-0.1, -0.05) is 43.7 Å². The van der Waals surface area contributed by atoms with Gasteiger partial charge < -0.3 is 10.2 Å². The van der Waals surface area contributed by atoms with E-state index < -0.39 is 34.3 Å². The van der Waals surface area contributed by atoms with Crippen LogP contribution in [0.1, 0.15) is 44.7 Å². The highest BCUT2D eigenvalue weighted by Crippen LogP contribution is 2.20. The second-order valence-electron chi connectivity index (χ2n) is 8.50. The summed E-state index contributed by atoms with van der Waals surface area (Å²) >= 11 is 0. The van der Waals surface area contributed by atoms with Crippen LogP contribution in [0.2, 0.25) is 0 Å². The first-order valence-electron chi connectivity index (χ1n) is 11.3. The molecule has 186 valence electrons. The fourth-order valence-electron chi connectivity index (χ4n) is 3.47. The molecule has 0 saturated carbocycles. The molecule has 0 aromatic heterocycles. The minimum absolute atomic E-state index is 0.0387. The Kier molecular flexibility index (Phi) is 9.61. The molecular weight excluding hydrogens is 457 g/mol. The van der Waals surface area contributed by atoms with E-state index in [2.05, 4.69) is 5.32 Å². The summed E-state index contributed by atoms with van der Waals surface area (Å²) in [4.78, 5) is 27.9. The van der Waals surface area contributed by atoms with Crippen molar-refractivity contribution in [1.29, 1.82) is 0 Å². The molecule has 0 fully saturated rings. The number of halogens is 1. The molecule has 0 aliphatic rings. The molecule has 0 unspecified atom stereocenters. The van der Waals surface area contributed by atoms with Crippen molar-refractivity contribution in [1.82, 2.24) is 10.2 Å². The lowest BCUT2D eigenvalue weighted by atomic mass is 10.1. The zero-order valence-electron chi connectivity index (χ0n) is 20.4. The van der Waals surface area contributed by atoms with E-state index in [0.29, 0.717) is 17.7 Å². The Hall–Kier alpha value is -2.94. The molecule has 2 atom stereocenters. The maximum absolute atomic E-state index is 13.5. The summed E-state index contributed by atoms with van der Waals surface area (Å²) in [5.74, 6) is -1.25. The molecule has 1 N–H and O–H groups in total. The Labute approximate surface area is 202 Å². The highest BCUT2D eigenvalue weighted by molar-refractivity contribution is 7.92. The molecule has 0 saturated heterocycles. The zero-order valence-corrected chi connectivity index (χ0v) is 21.2.